The molecule has 1 aromatic heterocycles. The van der Waals surface area contributed by atoms with Crippen molar-refractivity contribution in [3.05, 3.63) is 16.0 Å². The van der Waals surface area contributed by atoms with Crippen molar-refractivity contribution in [2.45, 2.75) is 0 Å². The van der Waals surface area contributed by atoms with Crippen LogP contribution in [0.3, 0.4) is 0 Å². The number of rotatable bonds is 3. The molecular formula is C6H7N7O2. The third-order valence-corrected chi connectivity index (χ3v) is 1.42. The van der Waals surface area contributed by atoms with E-state index in [2.05, 4.69) is 20.5 Å². The first-order chi connectivity index (χ1) is 7.07. The highest BCUT2D eigenvalue weighted by atomic mass is 16.1. The number of hydrogen-bond donors (Lipinski definition) is 3. The Kier molecular flexibility index (Phi) is 2.96. The summed E-state index contributed by atoms with van der Waals surface area (Å²) in [6.07, 6.45) is 0. The van der Waals surface area contributed by atoms with Crippen LogP contribution in [0.25, 0.3) is 0 Å². The van der Waals surface area contributed by atoms with E-state index in [1.54, 1.807) is 0 Å². The first-order valence-electron chi connectivity index (χ1n) is 3.71. The molecule has 0 saturated carbocycles. The summed E-state index contributed by atoms with van der Waals surface area (Å²) < 4.78 is 0. The summed E-state index contributed by atoms with van der Waals surface area (Å²) in [6, 6.07) is 0. The molecule has 0 aromatic carbocycles. The molecule has 0 atom stereocenters. The molecular weight excluding hydrogens is 202 g/mol. The molecule has 0 aliphatic rings. The van der Waals surface area contributed by atoms with E-state index in [1.807, 2.05) is 5.10 Å². The lowest BCUT2D eigenvalue weighted by molar-refractivity contribution is -0.112. The van der Waals surface area contributed by atoms with Gasteiger partial charge in [-0.3, -0.25) is 15.0 Å². The highest BCUT2D eigenvalue weighted by molar-refractivity contribution is 6.43. The van der Waals surface area contributed by atoms with Gasteiger partial charge < -0.3 is 5.73 Å². The first kappa shape index (κ1) is 10.6. The molecule has 15 heavy (non-hydrogen) atoms. The summed E-state index contributed by atoms with van der Waals surface area (Å²) >= 11 is 0. The van der Waals surface area contributed by atoms with Crippen LogP contribution in [0.5, 0.6) is 0 Å². The lowest BCUT2D eigenvalue weighted by Gasteiger charge is -1.98. The summed E-state index contributed by atoms with van der Waals surface area (Å²) in [6.45, 7) is 0. The summed E-state index contributed by atoms with van der Waals surface area (Å²) in [7, 11) is 1.33. The fraction of sp³-hybridized carbons (Fsp3) is 0.167. The van der Waals surface area contributed by atoms with Crippen molar-refractivity contribution in [3.8, 4) is 0 Å². The number of nitrogens with zero attached hydrogens (tertiary/aromatic N) is 4. The molecule has 9 nitrogen and oxygen atoms in total. The number of carbonyl (C=O) groups excluding carboxylic acids is 1. The maximum Gasteiger partial charge on any atom is 0.295 e. The molecule has 1 heterocycles. The highest BCUT2D eigenvalue weighted by Gasteiger charge is 2.17. The van der Waals surface area contributed by atoms with E-state index < -0.39 is 17.2 Å². The van der Waals surface area contributed by atoms with Gasteiger partial charge in [0.05, 0.1) is 0 Å². The third kappa shape index (κ3) is 2.07. The topological polar surface area (TPSA) is 150 Å². The highest BCUT2D eigenvalue weighted by Crippen LogP contribution is 2.09. The third-order valence-electron chi connectivity index (χ3n) is 1.42. The van der Waals surface area contributed by atoms with E-state index in [9.17, 15) is 9.59 Å². The van der Waals surface area contributed by atoms with Crippen molar-refractivity contribution in [1.29, 1.82) is 5.41 Å². The molecule has 1 rings (SSSR count). The molecule has 0 fully saturated rings. The average molecular weight is 209 g/mol. The molecule has 0 spiro atoms. The Balaban J connectivity index is 3.42. The molecule has 0 saturated heterocycles. The Morgan fingerprint density at radius 3 is 2.80 bits per heavy atom. The predicted molar refractivity (Wildman–Crippen MR) is 49.1 cm³/mol. The van der Waals surface area contributed by atoms with E-state index in [0.717, 1.165) is 0 Å². The van der Waals surface area contributed by atoms with Crippen LogP contribution in [0.1, 0.15) is 5.69 Å². The molecule has 78 valence electrons. The van der Waals surface area contributed by atoms with Gasteiger partial charge >= 0.3 is 0 Å². The zero-order valence-corrected chi connectivity index (χ0v) is 7.68. The number of aromatic nitrogens is 3. The van der Waals surface area contributed by atoms with Crippen molar-refractivity contribution in [1.82, 2.24) is 15.4 Å². The van der Waals surface area contributed by atoms with Crippen LogP contribution in [0.2, 0.25) is 0 Å². The smallest absolute Gasteiger partial charge is 0.295 e. The van der Waals surface area contributed by atoms with Crippen molar-refractivity contribution < 1.29 is 4.79 Å². The fourth-order valence-electron chi connectivity index (χ4n) is 0.806. The Hall–Kier alpha value is -2.45. The number of nitrogens with one attached hydrogen (secondary N) is 2. The molecule has 0 unspecified atom stereocenters. The van der Waals surface area contributed by atoms with Crippen LogP contribution in [0.15, 0.2) is 15.0 Å². The number of aromatic amines is 1. The van der Waals surface area contributed by atoms with Crippen LogP contribution in [-0.4, -0.2) is 34.1 Å². The molecule has 1 amide bonds. The quantitative estimate of drug-likeness (QED) is 0.420. The monoisotopic (exact) mass is 209 g/mol. The second-order valence-corrected chi connectivity index (χ2v) is 2.38. The van der Waals surface area contributed by atoms with E-state index in [4.69, 9.17) is 11.1 Å². The van der Waals surface area contributed by atoms with Crippen molar-refractivity contribution >= 4 is 17.3 Å². The summed E-state index contributed by atoms with van der Waals surface area (Å²) in [5, 5.41) is 22.7. The lowest BCUT2D eigenvalue weighted by Crippen LogP contribution is -2.27. The van der Waals surface area contributed by atoms with E-state index in [-0.39, 0.29) is 11.4 Å². The normalized spacial score (nSPS) is 10.5. The SMILES string of the molecule is CN=Nc1c(C(=N)C(N)=O)nn[nH]c1=O. The molecule has 1 aromatic rings. The van der Waals surface area contributed by atoms with Crippen LogP contribution < -0.4 is 11.3 Å². The summed E-state index contributed by atoms with van der Waals surface area (Å²) in [5.41, 5.74) is 2.97. The molecule has 0 bridgehead atoms. The van der Waals surface area contributed by atoms with Crippen molar-refractivity contribution in [2.24, 2.45) is 16.0 Å². The van der Waals surface area contributed by atoms with Gasteiger partial charge in [-0.05, 0) is 0 Å². The van der Waals surface area contributed by atoms with Gasteiger partial charge in [0.15, 0.2) is 11.4 Å². The number of primary amides is 1. The number of carbonyl (C=O) groups is 1. The minimum absolute atomic E-state index is 0.267. The van der Waals surface area contributed by atoms with Gasteiger partial charge in [-0.15, -0.1) is 10.2 Å². The minimum atomic E-state index is -1.03. The van der Waals surface area contributed by atoms with Gasteiger partial charge in [0.1, 0.15) is 5.71 Å². The van der Waals surface area contributed by atoms with Crippen LogP contribution in [0.4, 0.5) is 5.69 Å². The standard InChI is InChI=1S/C6H7N7O2/c1-9-10-4-3(2(7)5(8)14)11-13-12-6(4)15/h7H,1H3,(H2,8,14)(H,11,12,15). The van der Waals surface area contributed by atoms with Gasteiger partial charge in [0.25, 0.3) is 11.5 Å². The Bertz CT molecular complexity index is 488. The number of azo groups is 1. The second-order valence-electron chi connectivity index (χ2n) is 2.38. The zero-order valence-electron chi connectivity index (χ0n) is 7.68. The van der Waals surface area contributed by atoms with Gasteiger partial charge in [-0.25, -0.2) is 5.10 Å². The summed E-state index contributed by atoms with van der Waals surface area (Å²) in [5.74, 6) is -1.03. The van der Waals surface area contributed by atoms with Crippen LogP contribution in [-0.2, 0) is 4.79 Å². The fourth-order valence-corrected chi connectivity index (χ4v) is 0.806. The number of amides is 1. The molecule has 0 aliphatic carbocycles. The van der Waals surface area contributed by atoms with Crippen molar-refractivity contribution in [2.75, 3.05) is 7.05 Å². The molecule has 4 N–H and O–H groups in total. The number of H-pyrrole nitrogens is 1. The van der Waals surface area contributed by atoms with Crippen molar-refractivity contribution in [3.63, 3.8) is 0 Å². The largest absolute Gasteiger partial charge is 0.364 e. The van der Waals surface area contributed by atoms with Gasteiger partial charge in [-0.2, -0.15) is 5.11 Å². The van der Waals surface area contributed by atoms with E-state index >= 15 is 0 Å². The molecule has 9 heteroatoms. The summed E-state index contributed by atoms with van der Waals surface area (Å²) in [4.78, 5) is 21.9. The maximum absolute atomic E-state index is 11.2. The Morgan fingerprint density at radius 1 is 1.60 bits per heavy atom. The average Bonchev–Trinajstić information content (AvgIpc) is 2.20. The van der Waals surface area contributed by atoms with Gasteiger partial charge in [0.2, 0.25) is 0 Å². The Morgan fingerprint density at radius 2 is 2.27 bits per heavy atom. The second kappa shape index (κ2) is 4.17. The molecule has 0 aliphatic heterocycles. The van der Waals surface area contributed by atoms with Crippen LogP contribution >= 0.6 is 0 Å². The zero-order chi connectivity index (χ0) is 11.4. The molecule has 0 radical (unpaired) electrons. The minimum Gasteiger partial charge on any atom is -0.364 e. The number of nitrogens with two attached hydrogens (primary N) is 1. The first-order valence-corrected chi connectivity index (χ1v) is 3.71. The van der Waals surface area contributed by atoms with Gasteiger partial charge in [0, 0.05) is 7.05 Å². The van der Waals surface area contributed by atoms with Crippen LogP contribution in [0, 0.1) is 5.41 Å². The lowest BCUT2D eigenvalue weighted by atomic mass is 10.2. The number of hydrogen-bond acceptors (Lipinski definition) is 7. The Labute approximate surface area is 82.9 Å². The van der Waals surface area contributed by atoms with Gasteiger partial charge in [-0.1, -0.05) is 5.21 Å². The van der Waals surface area contributed by atoms with E-state index in [0.29, 0.717) is 0 Å². The predicted octanol–water partition coefficient (Wildman–Crippen LogP) is -1.27. The maximum atomic E-state index is 11.2. The van der Waals surface area contributed by atoms with E-state index in [1.165, 1.54) is 7.05 Å².